The first-order chi connectivity index (χ1) is 8.29. The largest absolute Gasteiger partial charge is 0.481 e. The number of rotatable bonds is 7. The van der Waals surface area contributed by atoms with Crippen molar-refractivity contribution < 1.29 is 4.74 Å². The van der Waals surface area contributed by atoms with E-state index in [1.54, 1.807) is 13.3 Å². The van der Waals surface area contributed by atoms with E-state index in [4.69, 9.17) is 4.74 Å². The van der Waals surface area contributed by atoms with Crippen LogP contribution in [0.3, 0.4) is 0 Å². The fourth-order valence-corrected chi connectivity index (χ4v) is 2.43. The van der Waals surface area contributed by atoms with Gasteiger partial charge < -0.3 is 10.1 Å². The van der Waals surface area contributed by atoms with Crippen molar-refractivity contribution in [1.82, 2.24) is 10.3 Å². The van der Waals surface area contributed by atoms with E-state index in [2.05, 4.69) is 23.3 Å². The molecule has 1 aromatic heterocycles. The van der Waals surface area contributed by atoms with Gasteiger partial charge in [0, 0.05) is 24.8 Å². The van der Waals surface area contributed by atoms with Crippen LogP contribution < -0.4 is 10.1 Å². The topological polar surface area (TPSA) is 34.2 Å². The third-order valence-corrected chi connectivity index (χ3v) is 3.60. The second-order valence-electron chi connectivity index (χ2n) is 5.03. The fraction of sp³-hybridized carbons (Fsp3) is 0.643. The van der Waals surface area contributed by atoms with E-state index in [1.165, 1.54) is 25.7 Å². The SMILES string of the molecule is CCCC1(CNCc2cccnc2OC)CC1. The number of nitrogens with zero attached hydrogens (tertiary/aromatic N) is 1. The van der Waals surface area contributed by atoms with Gasteiger partial charge >= 0.3 is 0 Å². The first-order valence-corrected chi connectivity index (χ1v) is 6.48. The molecule has 3 nitrogen and oxygen atoms in total. The van der Waals surface area contributed by atoms with Crippen LogP contribution >= 0.6 is 0 Å². The molecule has 1 N–H and O–H groups in total. The van der Waals surface area contributed by atoms with Gasteiger partial charge in [0.2, 0.25) is 5.88 Å². The maximum Gasteiger partial charge on any atom is 0.217 e. The highest BCUT2D eigenvalue weighted by molar-refractivity contribution is 5.25. The van der Waals surface area contributed by atoms with Crippen LogP contribution in [0.4, 0.5) is 0 Å². The third kappa shape index (κ3) is 3.19. The molecule has 0 radical (unpaired) electrons. The molecule has 1 fully saturated rings. The van der Waals surface area contributed by atoms with E-state index in [0.717, 1.165) is 24.5 Å². The number of aromatic nitrogens is 1. The Labute approximate surface area is 104 Å². The maximum absolute atomic E-state index is 5.24. The number of ether oxygens (including phenoxy) is 1. The average Bonchev–Trinajstić information content (AvgIpc) is 3.10. The molecule has 1 aliphatic rings. The van der Waals surface area contributed by atoms with Crippen molar-refractivity contribution in [2.45, 2.75) is 39.2 Å². The maximum atomic E-state index is 5.24. The highest BCUT2D eigenvalue weighted by Crippen LogP contribution is 2.48. The Balaban J connectivity index is 1.82. The monoisotopic (exact) mass is 234 g/mol. The van der Waals surface area contributed by atoms with Crippen molar-refractivity contribution in [2.24, 2.45) is 5.41 Å². The van der Waals surface area contributed by atoms with Crippen LogP contribution in [-0.2, 0) is 6.54 Å². The predicted octanol–water partition coefficient (Wildman–Crippen LogP) is 2.76. The Morgan fingerprint density at radius 2 is 2.29 bits per heavy atom. The molecule has 2 rings (SSSR count). The van der Waals surface area contributed by atoms with Crippen molar-refractivity contribution in [3.05, 3.63) is 23.9 Å². The number of nitrogens with one attached hydrogen (secondary N) is 1. The molecule has 0 bridgehead atoms. The van der Waals surface area contributed by atoms with Crippen molar-refractivity contribution >= 4 is 0 Å². The predicted molar refractivity (Wildman–Crippen MR) is 69.1 cm³/mol. The second-order valence-corrected chi connectivity index (χ2v) is 5.03. The van der Waals surface area contributed by atoms with Gasteiger partial charge in [0.1, 0.15) is 0 Å². The highest BCUT2D eigenvalue weighted by Gasteiger charge is 2.40. The van der Waals surface area contributed by atoms with E-state index in [9.17, 15) is 0 Å². The van der Waals surface area contributed by atoms with Crippen LogP contribution in [-0.4, -0.2) is 18.6 Å². The van der Waals surface area contributed by atoms with Gasteiger partial charge in [0.05, 0.1) is 7.11 Å². The van der Waals surface area contributed by atoms with E-state index in [-0.39, 0.29) is 0 Å². The van der Waals surface area contributed by atoms with E-state index < -0.39 is 0 Å². The van der Waals surface area contributed by atoms with Gasteiger partial charge in [0.15, 0.2) is 0 Å². The van der Waals surface area contributed by atoms with Gasteiger partial charge in [-0.2, -0.15) is 0 Å². The van der Waals surface area contributed by atoms with E-state index >= 15 is 0 Å². The summed E-state index contributed by atoms with van der Waals surface area (Å²) < 4.78 is 5.24. The lowest BCUT2D eigenvalue weighted by Crippen LogP contribution is -2.23. The molecule has 1 saturated carbocycles. The fourth-order valence-electron chi connectivity index (χ4n) is 2.43. The molecule has 0 saturated heterocycles. The zero-order valence-corrected chi connectivity index (χ0v) is 10.8. The van der Waals surface area contributed by atoms with Crippen molar-refractivity contribution in [2.75, 3.05) is 13.7 Å². The summed E-state index contributed by atoms with van der Waals surface area (Å²) in [5, 5.41) is 3.54. The van der Waals surface area contributed by atoms with Crippen LogP contribution in [0.25, 0.3) is 0 Å². The number of hydrogen-bond acceptors (Lipinski definition) is 3. The summed E-state index contributed by atoms with van der Waals surface area (Å²) in [7, 11) is 1.67. The van der Waals surface area contributed by atoms with Crippen molar-refractivity contribution in [3.8, 4) is 5.88 Å². The molecule has 0 atom stereocenters. The van der Waals surface area contributed by atoms with Gasteiger partial charge in [-0.1, -0.05) is 19.4 Å². The average molecular weight is 234 g/mol. The standard InChI is InChI=1S/C14H22N2O/c1-3-6-14(7-8-14)11-15-10-12-5-4-9-16-13(12)17-2/h4-5,9,15H,3,6-8,10-11H2,1-2H3. The van der Waals surface area contributed by atoms with Gasteiger partial charge in [0.25, 0.3) is 0 Å². The molecule has 0 amide bonds. The molecule has 3 heteroatoms. The van der Waals surface area contributed by atoms with E-state index in [0.29, 0.717) is 5.41 Å². The minimum atomic E-state index is 0.601. The lowest BCUT2D eigenvalue weighted by Gasteiger charge is -2.15. The molecular weight excluding hydrogens is 212 g/mol. The summed E-state index contributed by atoms with van der Waals surface area (Å²) in [6.45, 7) is 4.24. The Morgan fingerprint density at radius 3 is 2.94 bits per heavy atom. The van der Waals surface area contributed by atoms with Crippen LogP contribution in [0, 0.1) is 5.41 Å². The molecule has 0 unspecified atom stereocenters. The molecule has 1 heterocycles. The third-order valence-electron chi connectivity index (χ3n) is 3.60. The summed E-state index contributed by atoms with van der Waals surface area (Å²) >= 11 is 0. The normalized spacial score (nSPS) is 16.8. The van der Waals surface area contributed by atoms with Gasteiger partial charge in [-0.3, -0.25) is 0 Å². The zero-order chi connectivity index (χ0) is 12.1. The van der Waals surface area contributed by atoms with Crippen LogP contribution in [0.1, 0.15) is 38.2 Å². The summed E-state index contributed by atoms with van der Waals surface area (Å²) in [6, 6.07) is 4.02. The van der Waals surface area contributed by atoms with Crippen molar-refractivity contribution in [3.63, 3.8) is 0 Å². The summed E-state index contributed by atoms with van der Waals surface area (Å²) in [5.41, 5.74) is 1.74. The number of methoxy groups -OCH3 is 1. The van der Waals surface area contributed by atoms with Crippen LogP contribution in [0.2, 0.25) is 0 Å². The lowest BCUT2D eigenvalue weighted by atomic mass is 10.0. The smallest absolute Gasteiger partial charge is 0.217 e. The second kappa shape index (κ2) is 5.50. The summed E-state index contributed by atoms with van der Waals surface area (Å²) in [4.78, 5) is 4.20. The minimum Gasteiger partial charge on any atom is -0.481 e. The Morgan fingerprint density at radius 1 is 1.47 bits per heavy atom. The molecule has 94 valence electrons. The number of hydrogen-bond donors (Lipinski definition) is 1. The molecule has 0 aromatic carbocycles. The molecule has 0 aliphatic heterocycles. The first-order valence-electron chi connectivity index (χ1n) is 6.48. The van der Waals surface area contributed by atoms with Crippen LogP contribution in [0.15, 0.2) is 18.3 Å². The molecule has 1 aliphatic carbocycles. The Kier molecular flexibility index (Phi) is 4.00. The zero-order valence-electron chi connectivity index (χ0n) is 10.8. The highest BCUT2D eigenvalue weighted by atomic mass is 16.5. The first kappa shape index (κ1) is 12.4. The summed E-state index contributed by atoms with van der Waals surface area (Å²) in [6.07, 6.45) is 7.18. The minimum absolute atomic E-state index is 0.601. The molecule has 1 aromatic rings. The van der Waals surface area contributed by atoms with Crippen LogP contribution in [0.5, 0.6) is 5.88 Å². The molecule has 0 spiro atoms. The van der Waals surface area contributed by atoms with Gasteiger partial charge in [-0.05, 0) is 30.7 Å². The van der Waals surface area contributed by atoms with Crippen molar-refractivity contribution in [1.29, 1.82) is 0 Å². The lowest BCUT2D eigenvalue weighted by molar-refractivity contribution is 0.384. The summed E-state index contributed by atoms with van der Waals surface area (Å²) in [5.74, 6) is 0.736. The van der Waals surface area contributed by atoms with Gasteiger partial charge in [-0.15, -0.1) is 0 Å². The Hall–Kier alpha value is -1.09. The number of pyridine rings is 1. The quantitative estimate of drug-likeness (QED) is 0.787. The van der Waals surface area contributed by atoms with E-state index in [1.807, 2.05) is 6.07 Å². The molecule has 17 heavy (non-hydrogen) atoms. The molecular formula is C14H22N2O. The van der Waals surface area contributed by atoms with Gasteiger partial charge in [-0.25, -0.2) is 4.98 Å². The Bertz CT molecular complexity index is 361.